The SMILES string of the molecule is COC(=O)c1nc(Cl)c2cc(Br)cn2n1. The molecule has 5 nitrogen and oxygen atoms in total. The van der Waals surface area contributed by atoms with E-state index >= 15 is 0 Å². The molecule has 0 N–H and O–H groups in total. The van der Waals surface area contributed by atoms with E-state index in [-0.39, 0.29) is 11.0 Å². The normalized spacial score (nSPS) is 10.6. The average molecular weight is 291 g/mol. The highest BCUT2D eigenvalue weighted by Gasteiger charge is 2.13. The first-order valence-electron chi connectivity index (χ1n) is 3.91. The van der Waals surface area contributed by atoms with E-state index in [1.807, 2.05) is 0 Å². The quantitative estimate of drug-likeness (QED) is 0.753. The van der Waals surface area contributed by atoms with Gasteiger partial charge in [-0.3, -0.25) is 0 Å². The van der Waals surface area contributed by atoms with Crippen molar-refractivity contribution in [1.82, 2.24) is 14.6 Å². The lowest BCUT2D eigenvalue weighted by atomic mass is 10.5. The van der Waals surface area contributed by atoms with Crippen LogP contribution < -0.4 is 0 Å². The molecule has 0 aromatic carbocycles. The molecule has 0 fully saturated rings. The highest BCUT2D eigenvalue weighted by atomic mass is 79.9. The number of esters is 1. The van der Waals surface area contributed by atoms with Crippen LogP contribution in [0.5, 0.6) is 0 Å². The van der Waals surface area contributed by atoms with Gasteiger partial charge in [0.1, 0.15) is 5.52 Å². The number of carbonyl (C=O) groups is 1. The van der Waals surface area contributed by atoms with Crippen molar-refractivity contribution >= 4 is 39.0 Å². The van der Waals surface area contributed by atoms with Crippen molar-refractivity contribution in [2.24, 2.45) is 0 Å². The predicted molar refractivity (Wildman–Crippen MR) is 57.0 cm³/mol. The van der Waals surface area contributed by atoms with E-state index < -0.39 is 5.97 Å². The van der Waals surface area contributed by atoms with Gasteiger partial charge in [0.25, 0.3) is 5.82 Å². The van der Waals surface area contributed by atoms with Gasteiger partial charge in [-0.1, -0.05) is 11.6 Å². The van der Waals surface area contributed by atoms with Crippen LogP contribution in [0, 0.1) is 0 Å². The second-order valence-corrected chi connectivity index (χ2v) is 3.98. The fourth-order valence-corrected chi connectivity index (χ4v) is 1.74. The summed E-state index contributed by atoms with van der Waals surface area (Å²) < 4.78 is 6.77. The largest absolute Gasteiger partial charge is 0.463 e. The van der Waals surface area contributed by atoms with Crippen molar-refractivity contribution in [2.45, 2.75) is 0 Å². The Labute approximate surface area is 98.1 Å². The van der Waals surface area contributed by atoms with Crippen LogP contribution >= 0.6 is 27.5 Å². The molecule has 78 valence electrons. The van der Waals surface area contributed by atoms with Gasteiger partial charge in [0.05, 0.1) is 7.11 Å². The van der Waals surface area contributed by atoms with Crippen LogP contribution in [0.15, 0.2) is 16.7 Å². The minimum absolute atomic E-state index is 0.0712. The number of ether oxygens (including phenoxy) is 1. The highest BCUT2D eigenvalue weighted by molar-refractivity contribution is 9.10. The maximum atomic E-state index is 11.2. The molecule has 0 radical (unpaired) electrons. The molecule has 2 rings (SSSR count). The molecule has 0 bridgehead atoms. The summed E-state index contributed by atoms with van der Waals surface area (Å²) in [6.07, 6.45) is 1.68. The number of rotatable bonds is 1. The molecule has 15 heavy (non-hydrogen) atoms. The molecule has 0 atom stereocenters. The van der Waals surface area contributed by atoms with E-state index in [0.29, 0.717) is 5.52 Å². The van der Waals surface area contributed by atoms with Gasteiger partial charge in [-0.2, -0.15) is 0 Å². The van der Waals surface area contributed by atoms with E-state index in [2.05, 4.69) is 30.7 Å². The van der Waals surface area contributed by atoms with Crippen LogP contribution in [-0.2, 0) is 4.74 Å². The summed E-state index contributed by atoms with van der Waals surface area (Å²) in [5.74, 6) is -0.693. The molecule has 0 saturated carbocycles. The number of carbonyl (C=O) groups excluding carboxylic acids is 1. The summed E-state index contributed by atoms with van der Waals surface area (Å²) >= 11 is 9.15. The Bertz CT molecular complexity index is 540. The fraction of sp³-hybridized carbons (Fsp3) is 0.125. The van der Waals surface area contributed by atoms with Crippen LogP contribution in [0.4, 0.5) is 0 Å². The van der Waals surface area contributed by atoms with Crippen LogP contribution in [0.1, 0.15) is 10.6 Å². The van der Waals surface area contributed by atoms with Crippen molar-refractivity contribution in [3.05, 3.63) is 27.7 Å². The summed E-state index contributed by atoms with van der Waals surface area (Å²) in [5.41, 5.74) is 0.621. The van der Waals surface area contributed by atoms with Gasteiger partial charge >= 0.3 is 5.97 Å². The van der Waals surface area contributed by atoms with Crippen molar-refractivity contribution in [2.75, 3.05) is 7.11 Å². The standard InChI is InChI=1S/C8H5BrClN3O2/c1-15-8(14)7-11-6(10)5-2-4(9)3-13(5)12-7/h2-3H,1H3. The van der Waals surface area contributed by atoms with Crippen LogP contribution in [0.2, 0.25) is 5.15 Å². The Kier molecular flexibility index (Phi) is 2.62. The second kappa shape index (κ2) is 3.79. The minimum atomic E-state index is -0.622. The molecule has 2 aromatic rings. The number of nitrogens with zero attached hydrogens (tertiary/aromatic N) is 3. The number of fused-ring (bicyclic) bond motifs is 1. The minimum Gasteiger partial charge on any atom is -0.463 e. The number of hydrogen-bond donors (Lipinski definition) is 0. The zero-order chi connectivity index (χ0) is 11.0. The van der Waals surface area contributed by atoms with Crippen molar-refractivity contribution < 1.29 is 9.53 Å². The topological polar surface area (TPSA) is 56.5 Å². The van der Waals surface area contributed by atoms with Crippen LogP contribution in [-0.4, -0.2) is 27.7 Å². The lowest BCUT2D eigenvalue weighted by molar-refractivity contribution is 0.0584. The first-order valence-corrected chi connectivity index (χ1v) is 5.08. The molecule has 0 spiro atoms. The molecule has 0 saturated heterocycles. The second-order valence-electron chi connectivity index (χ2n) is 2.71. The first kappa shape index (κ1) is 10.4. The third-order valence-electron chi connectivity index (χ3n) is 1.75. The Morgan fingerprint density at radius 2 is 2.40 bits per heavy atom. The van der Waals surface area contributed by atoms with Gasteiger partial charge in [-0.05, 0) is 22.0 Å². The molecule has 0 aliphatic rings. The zero-order valence-electron chi connectivity index (χ0n) is 7.57. The number of halogens is 2. The summed E-state index contributed by atoms with van der Waals surface area (Å²) in [5, 5.41) is 4.15. The van der Waals surface area contributed by atoms with E-state index in [0.717, 1.165) is 4.47 Å². The molecular weight excluding hydrogens is 285 g/mol. The van der Waals surface area contributed by atoms with E-state index in [9.17, 15) is 4.79 Å². The lowest BCUT2D eigenvalue weighted by Gasteiger charge is -2.00. The van der Waals surface area contributed by atoms with Gasteiger partial charge < -0.3 is 4.74 Å². The Hall–Kier alpha value is -1.14. The maximum Gasteiger partial charge on any atom is 0.377 e. The van der Waals surface area contributed by atoms with E-state index in [4.69, 9.17) is 11.6 Å². The van der Waals surface area contributed by atoms with E-state index in [1.54, 1.807) is 12.3 Å². The average Bonchev–Trinajstić information content (AvgIpc) is 2.58. The molecular formula is C8H5BrClN3O2. The molecule has 2 aromatic heterocycles. The molecule has 0 amide bonds. The Morgan fingerprint density at radius 1 is 1.67 bits per heavy atom. The highest BCUT2D eigenvalue weighted by Crippen LogP contribution is 2.20. The first-order chi connectivity index (χ1) is 7.11. The smallest absolute Gasteiger partial charge is 0.377 e. The summed E-state index contributed by atoms with van der Waals surface area (Å²) in [7, 11) is 1.26. The van der Waals surface area contributed by atoms with Crippen molar-refractivity contribution in [3.63, 3.8) is 0 Å². The Morgan fingerprint density at radius 3 is 3.07 bits per heavy atom. The third-order valence-corrected chi connectivity index (χ3v) is 2.46. The van der Waals surface area contributed by atoms with Gasteiger partial charge in [0.15, 0.2) is 5.15 Å². The number of methoxy groups -OCH3 is 1. The zero-order valence-corrected chi connectivity index (χ0v) is 9.91. The van der Waals surface area contributed by atoms with Gasteiger partial charge in [0.2, 0.25) is 0 Å². The summed E-state index contributed by atoms with van der Waals surface area (Å²) in [6.45, 7) is 0. The van der Waals surface area contributed by atoms with Crippen LogP contribution in [0.3, 0.4) is 0 Å². The third kappa shape index (κ3) is 1.82. The molecule has 0 aliphatic heterocycles. The van der Waals surface area contributed by atoms with Crippen molar-refractivity contribution in [3.8, 4) is 0 Å². The maximum absolute atomic E-state index is 11.2. The molecule has 0 aliphatic carbocycles. The number of hydrogen-bond acceptors (Lipinski definition) is 4. The van der Waals surface area contributed by atoms with E-state index in [1.165, 1.54) is 11.6 Å². The lowest BCUT2D eigenvalue weighted by Crippen LogP contribution is -2.10. The van der Waals surface area contributed by atoms with Gasteiger partial charge in [-0.15, -0.1) is 5.10 Å². The summed E-state index contributed by atoms with van der Waals surface area (Å²) in [4.78, 5) is 15.0. The van der Waals surface area contributed by atoms with Gasteiger partial charge in [-0.25, -0.2) is 14.3 Å². The molecule has 7 heteroatoms. The Balaban J connectivity index is 2.66. The summed E-state index contributed by atoms with van der Waals surface area (Å²) in [6, 6.07) is 1.75. The van der Waals surface area contributed by atoms with Crippen molar-refractivity contribution in [1.29, 1.82) is 0 Å². The number of aromatic nitrogens is 3. The fourth-order valence-electron chi connectivity index (χ4n) is 1.11. The predicted octanol–water partition coefficient (Wildman–Crippen LogP) is 1.93. The van der Waals surface area contributed by atoms with Crippen LogP contribution in [0.25, 0.3) is 5.52 Å². The molecule has 0 unspecified atom stereocenters. The molecule has 2 heterocycles. The monoisotopic (exact) mass is 289 g/mol. The van der Waals surface area contributed by atoms with Gasteiger partial charge in [0, 0.05) is 10.7 Å².